The lowest BCUT2D eigenvalue weighted by Crippen LogP contribution is -2.55. The summed E-state index contributed by atoms with van der Waals surface area (Å²) in [5, 5.41) is 2.67. The van der Waals surface area contributed by atoms with Crippen molar-refractivity contribution in [3.8, 4) is 0 Å². The molecule has 0 amide bonds. The Labute approximate surface area is 52.8 Å². The van der Waals surface area contributed by atoms with E-state index >= 15 is 0 Å². The van der Waals surface area contributed by atoms with Crippen molar-refractivity contribution in [1.82, 2.24) is 15.6 Å². The third-order valence-electron chi connectivity index (χ3n) is 0.893. The molecular formula is C3H10N6. The van der Waals surface area contributed by atoms with Gasteiger partial charge in [0, 0.05) is 0 Å². The van der Waals surface area contributed by atoms with Gasteiger partial charge in [0.25, 0.3) is 0 Å². The molecule has 1 heterocycles. The molecule has 0 spiro atoms. The number of nitrogens with two attached hydrogens (primary N) is 3. The second-order valence-electron chi connectivity index (χ2n) is 1.82. The van der Waals surface area contributed by atoms with Gasteiger partial charge in [-0.15, -0.1) is 5.12 Å². The first kappa shape index (κ1) is 6.14. The quantitative estimate of drug-likeness (QED) is 0.272. The van der Waals surface area contributed by atoms with Crippen LogP contribution in [0.5, 0.6) is 0 Å². The smallest absolute Gasteiger partial charge is 0.130 e. The van der Waals surface area contributed by atoms with Crippen LogP contribution < -0.4 is 22.8 Å². The molecule has 0 aromatic rings. The number of hydrogen-bond acceptors (Lipinski definition) is 6. The number of rotatable bonds is 0. The fourth-order valence-electron chi connectivity index (χ4n) is 0.625. The Bertz CT molecular complexity index is 130. The van der Waals surface area contributed by atoms with Crippen molar-refractivity contribution in [2.45, 2.75) is 0 Å². The molecule has 0 saturated carbocycles. The maximum Gasteiger partial charge on any atom is 0.130 e. The Hall–Kier alpha value is -0.980. The van der Waals surface area contributed by atoms with E-state index in [2.05, 4.69) is 5.43 Å². The van der Waals surface area contributed by atoms with E-state index in [1.807, 2.05) is 0 Å². The maximum atomic E-state index is 5.33. The highest BCUT2D eigenvalue weighted by molar-refractivity contribution is 4.93. The second kappa shape index (κ2) is 2.09. The highest BCUT2D eigenvalue weighted by Gasteiger charge is 2.07. The molecule has 0 unspecified atom stereocenters. The second-order valence-corrected chi connectivity index (χ2v) is 1.82. The summed E-state index contributed by atoms with van der Waals surface area (Å²) in [4.78, 5) is 0. The number of nitrogens with one attached hydrogen (secondary N) is 1. The Morgan fingerprint density at radius 2 is 2.22 bits per heavy atom. The molecule has 1 aliphatic heterocycles. The van der Waals surface area contributed by atoms with Crippen molar-refractivity contribution in [3.63, 3.8) is 0 Å². The minimum absolute atomic E-state index is 0.417. The van der Waals surface area contributed by atoms with Gasteiger partial charge in [-0.1, -0.05) is 0 Å². The zero-order chi connectivity index (χ0) is 6.85. The molecule has 1 rings (SSSR count). The maximum absolute atomic E-state index is 5.33. The van der Waals surface area contributed by atoms with E-state index in [9.17, 15) is 0 Å². The van der Waals surface area contributed by atoms with Crippen molar-refractivity contribution < 1.29 is 0 Å². The Kier molecular flexibility index (Phi) is 1.43. The highest BCUT2D eigenvalue weighted by atomic mass is 15.7. The van der Waals surface area contributed by atoms with Crippen LogP contribution in [-0.2, 0) is 0 Å². The fraction of sp³-hybridized carbons (Fsp3) is 0.333. The van der Waals surface area contributed by atoms with Gasteiger partial charge in [-0.25, -0.2) is 11.7 Å². The monoisotopic (exact) mass is 130 g/mol. The molecule has 0 saturated heterocycles. The summed E-state index contributed by atoms with van der Waals surface area (Å²) in [5.74, 6) is 11.1. The van der Waals surface area contributed by atoms with E-state index in [1.165, 1.54) is 10.1 Å². The highest BCUT2D eigenvalue weighted by Crippen LogP contribution is 1.90. The lowest BCUT2D eigenvalue weighted by molar-refractivity contribution is 0.107. The fourth-order valence-corrected chi connectivity index (χ4v) is 0.625. The van der Waals surface area contributed by atoms with Gasteiger partial charge in [0.05, 0.1) is 6.20 Å². The van der Waals surface area contributed by atoms with Crippen LogP contribution in [0.15, 0.2) is 12.0 Å². The van der Waals surface area contributed by atoms with Gasteiger partial charge in [-0.3, -0.25) is 10.4 Å². The molecule has 0 aliphatic carbocycles. The van der Waals surface area contributed by atoms with Crippen LogP contribution in [0.2, 0.25) is 0 Å². The van der Waals surface area contributed by atoms with Crippen LogP contribution in [-0.4, -0.2) is 16.8 Å². The summed E-state index contributed by atoms with van der Waals surface area (Å²) in [5.41, 5.74) is 7.96. The zero-order valence-corrected chi connectivity index (χ0v) is 4.91. The summed E-state index contributed by atoms with van der Waals surface area (Å²) >= 11 is 0. The normalized spacial score (nSPS) is 21.1. The van der Waals surface area contributed by atoms with Crippen molar-refractivity contribution >= 4 is 0 Å². The molecule has 52 valence electrons. The van der Waals surface area contributed by atoms with Crippen molar-refractivity contribution in [2.24, 2.45) is 17.4 Å². The molecule has 0 aromatic carbocycles. The summed E-state index contributed by atoms with van der Waals surface area (Å²) in [6.07, 6.45) is 1.56. The van der Waals surface area contributed by atoms with Crippen LogP contribution >= 0.6 is 0 Å². The molecule has 7 N–H and O–H groups in total. The molecule has 0 bridgehead atoms. The molecular weight excluding hydrogens is 120 g/mol. The van der Waals surface area contributed by atoms with E-state index in [0.29, 0.717) is 12.5 Å². The minimum atomic E-state index is 0.417. The SMILES string of the molecule is NC1=CN(N)CN(N)N1. The third kappa shape index (κ3) is 1.46. The topological polar surface area (TPSA) is 96.6 Å². The Morgan fingerprint density at radius 3 is 2.67 bits per heavy atom. The van der Waals surface area contributed by atoms with Crippen molar-refractivity contribution in [1.29, 1.82) is 0 Å². The first-order valence-corrected chi connectivity index (χ1v) is 2.46. The van der Waals surface area contributed by atoms with Gasteiger partial charge >= 0.3 is 0 Å². The molecule has 1 aliphatic rings. The number of hydrogen-bond donors (Lipinski definition) is 4. The molecule has 0 atom stereocenters. The Morgan fingerprint density at radius 1 is 1.56 bits per heavy atom. The predicted molar refractivity (Wildman–Crippen MR) is 32.3 cm³/mol. The van der Waals surface area contributed by atoms with Gasteiger partial charge in [-0.2, -0.15) is 0 Å². The van der Waals surface area contributed by atoms with Crippen LogP contribution in [0.1, 0.15) is 0 Å². The lowest BCUT2D eigenvalue weighted by atomic mass is 10.7. The summed E-state index contributed by atoms with van der Waals surface area (Å²) in [6.45, 7) is 0.417. The standard InChI is InChI=1S/C3H10N6/c4-3-1-8(5)2-9(6)7-3/h1,7H,2,4-6H2. The molecule has 9 heavy (non-hydrogen) atoms. The van der Waals surface area contributed by atoms with E-state index < -0.39 is 0 Å². The summed E-state index contributed by atoms with van der Waals surface area (Å²) < 4.78 is 0. The van der Waals surface area contributed by atoms with E-state index in [1.54, 1.807) is 6.20 Å². The van der Waals surface area contributed by atoms with Gasteiger partial charge in [0.15, 0.2) is 0 Å². The van der Waals surface area contributed by atoms with E-state index in [4.69, 9.17) is 17.4 Å². The van der Waals surface area contributed by atoms with Gasteiger partial charge < -0.3 is 5.73 Å². The average molecular weight is 130 g/mol. The van der Waals surface area contributed by atoms with Crippen LogP contribution in [0.3, 0.4) is 0 Å². The van der Waals surface area contributed by atoms with Gasteiger partial charge in [0.2, 0.25) is 0 Å². The molecule has 0 fully saturated rings. The van der Waals surface area contributed by atoms with Crippen LogP contribution in [0, 0.1) is 0 Å². The zero-order valence-electron chi connectivity index (χ0n) is 4.91. The average Bonchev–Trinajstić information content (AvgIpc) is 1.59. The summed E-state index contributed by atoms with van der Waals surface area (Å²) in [6, 6.07) is 0. The third-order valence-corrected chi connectivity index (χ3v) is 0.893. The lowest BCUT2D eigenvalue weighted by Gasteiger charge is -2.28. The van der Waals surface area contributed by atoms with Crippen LogP contribution in [0.4, 0.5) is 0 Å². The Balaban J connectivity index is 2.56. The molecule has 0 aromatic heterocycles. The number of hydrazine groups is 3. The molecule has 6 nitrogen and oxygen atoms in total. The summed E-state index contributed by atoms with van der Waals surface area (Å²) in [7, 11) is 0. The van der Waals surface area contributed by atoms with Crippen molar-refractivity contribution in [3.05, 3.63) is 12.0 Å². The first-order valence-electron chi connectivity index (χ1n) is 2.46. The first-order chi connectivity index (χ1) is 4.18. The van der Waals surface area contributed by atoms with Crippen molar-refractivity contribution in [2.75, 3.05) is 6.67 Å². The predicted octanol–water partition coefficient (Wildman–Crippen LogP) is -2.43. The minimum Gasteiger partial charge on any atom is -0.383 e. The van der Waals surface area contributed by atoms with Gasteiger partial charge in [-0.05, 0) is 0 Å². The molecule has 6 heteroatoms. The van der Waals surface area contributed by atoms with E-state index in [-0.39, 0.29) is 0 Å². The largest absolute Gasteiger partial charge is 0.383 e. The number of nitrogens with zero attached hydrogens (tertiary/aromatic N) is 2. The molecule has 0 radical (unpaired) electrons. The van der Waals surface area contributed by atoms with Gasteiger partial charge in [0.1, 0.15) is 12.5 Å². The van der Waals surface area contributed by atoms with E-state index in [0.717, 1.165) is 0 Å². The van der Waals surface area contributed by atoms with Crippen LogP contribution in [0.25, 0.3) is 0 Å².